The average Bonchev–Trinajstić information content (AvgIpc) is 2.91. The van der Waals surface area contributed by atoms with Gasteiger partial charge in [0.25, 0.3) is 15.9 Å². The fourth-order valence-corrected chi connectivity index (χ4v) is 5.72. The van der Waals surface area contributed by atoms with Crippen molar-refractivity contribution < 1.29 is 32.2 Å². The number of rotatable bonds is 8. The van der Waals surface area contributed by atoms with Crippen molar-refractivity contribution in [1.29, 1.82) is 0 Å². The maximum absolute atomic E-state index is 13.4. The van der Waals surface area contributed by atoms with E-state index in [0.717, 1.165) is 5.56 Å². The van der Waals surface area contributed by atoms with Crippen molar-refractivity contribution in [2.24, 2.45) is 0 Å². The van der Waals surface area contributed by atoms with Gasteiger partial charge in [0, 0.05) is 17.8 Å². The number of sulfonamides is 1. The third-order valence-electron chi connectivity index (χ3n) is 5.99. The van der Waals surface area contributed by atoms with E-state index in [0.29, 0.717) is 59.3 Å². The molecule has 36 heavy (non-hydrogen) atoms. The van der Waals surface area contributed by atoms with Crippen molar-refractivity contribution >= 4 is 27.3 Å². The molecule has 0 fully saturated rings. The van der Waals surface area contributed by atoms with Crippen molar-refractivity contribution in [3.05, 3.63) is 65.7 Å². The van der Waals surface area contributed by atoms with Gasteiger partial charge in [-0.2, -0.15) is 0 Å². The lowest BCUT2D eigenvalue weighted by molar-refractivity contribution is 0.102. The van der Waals surface area contributed by atoms with Crippen LogP contribution < -0.4 is 28.6 Å². The predicted molar refractivity (Wildman–Crippen MR) is 136 cm³/mol. The summed E-state index contributed by atoms with van der Waals surface area (Å²) in [7, 11) is 2.23. The largest absolute Gasteiger partial charge is 0.497 e. The molecule has 0 atom stereocenters. The van der Waals surface area contributed by atoms with E-state index in [-0.39, 0.29) is 10.8 Å². The second kappa shape index (κ2) is 10.4. The standard InChI is InChI=1S/C26H28N2O7S/c1-32-20-8-10-21(11-9-20)36(30,31)28-13-5-6-17-14-19(7-12-22(17)28)27-26(29)18-15-23(33-2)25(35-4)24(16-18)34-3/h7-12,14-16H,5-6,13H2,1-4H3,(H,27,29). The van der Waals surface area contributed by atoms with Crippen molar-refractivity contribution in [3.8, 4) is 23.0 Å². The number of ether oxygens (including phenoxy) is 4. The van der Waals surface area contributed by atoms with E-state index in [9.17, 15) is 13.2 Å². The molecule has 1 N–H and O–H groups in total. The minimum Gasteiger partial charge on any atom is -0.497 e. The molecule has 1 heterocycles. The smallest absolute Gasteiger partial charge is 0.264 e. The zero-order chi connectivity index (χ0) is 25.9. The minimum atomic E-state index is -3.75. The molecular formula is C26H28N2O7S. The van der Waals surface area contributed by atoms with Gasteiger partial charge in [-0.1, -0.05) is 0 Å². The third-order valence-corrected chi connectivity index (χ3v) is 7.82. The Labute approximate surface area is 210 Å². The van der Waals surface area contributed by atoms with Crippen LogP contribution in [0, 0.1) is 0 Å². The molecule has 0 saturated heterocycles. The molecule has 10 heteroatoms. The number of nitrogens with one attached hydrogen (secondary N) is 1. The Balaban J connectivity index is 1.60. The summed E-state index contributed by atoms with van der Waals surface area (Å²) in [5.74, 6) is 1.34. The molecule has 0 saturated carbocycles. The highest BCUT2D eigenvalue weighted by Crippen LogP contribution is 2.39. The maximum Gasteiger partial charge on any atom is 0.264 e. The number of fused-ring (bicyclic) bond motifs is 1. The lowest BCUT2D eigenvalue weighted by Gasteiger charge is -2.31. The van der Waals surface area contributed by atoms with Gasteiger partial charge in [-0.05, 0) is 73.0 Å². The van der Waals surface area contributed by atoms with Gasteiger partial charge in [0.1, 0.15) is 5.75 Å². The fraction of sp³-hybridized carbons (Fsp3) is 0.269. The van der Waals surface area contributed by atoms with Crippen LogP contribution >= 0.6 is 0 Å². The van der Waals surface area contributed by atoms with Gasteiger partial charge in [0.15, 0.2) is 11.5 Å². The van der Waals surface area contributed by atoms with Crippen molar-refractivity contribution in [3.63, 3.8) is 0 Å². The summed E-state index contributed by atoms with van der Waals surface area (Å²) in [6.45, 7) is 0.374. The number of methoxy groups -OCH3 is 4. The van der Waals surface area contributed by atoms with E-state index >= 15 is 0 Å². The topological polar surface area (TPSA) is 103 Å². The van der Waals surface area contributed by atoms with Gasteiger partial charge in [-0.15, -0.1) is 0 Å². The van der Waals surface area contributed by atoms with Gasteiger partial charge < -0.3 is 24.3 Å². The summed E-state index contributed by atoms with van der Waals surface area (Å²) in [4.78, 5) is 13.2. The molecule has 190 valence electrons. The Hall–Kier alpha value is -3.92. The van der Waals surface area contributed by atoms with E-state index < -0.39 is 10.0 Å². The molecule has 0 spiro atoms. The SMILES string of the molecule is COc1ccc(S(=O)(=O)N2CCCc3cc(NC(=O)c4cc(OC)c(OC)c(OC)c4)ccc32)cc1. The number of aryl methyl sites for hydroxylation is 1. The van der Waals surface area contributed by atoms with Gasteiger partial charge in [-0.3, -0.25) is 9.10 Å². The third kappa shape index (κ3) is 4.76. The molecule has 3 aromatic rings. The molecule has 0 unspecified atom stereocenters. The number of nitrogens with zero attached hydrogens (tertiary/aromatic N) is 1. The Kier molecular flexibility index (Phi) is 7.25. The molecule has 0 bridgehead atoms. The zero-order valence-electron chi connectivity index (χ0n) is 20.5. The number of benzene rings is 3. The molecular weight excluding hydrogens is 484 g/mol. The second-order valence-corrected chi connectivity index (χ2v) is 9.93. The maximum atomic E-state index is 13.4. The lowest BCUT2D eigenvalue weighted by Crippen LogP contribution is -2.35. The Morgan fingerprint density at radius 1 is 0.861 bits per heavy atom. The monoisotopic (exact) mass is 512 g/mol. The summed E-state index contributed by atoms with van der Waals surface area (Å²) < 4.78 is 49.2. The molecule has 1 amide bonds. The normalized spacial score (nSPS) is 12.9. The first-order chi connectivity index (χ1) is 17.3. The Bertz CT molecular complexity index is 1350. The van der Waals surface area contributed by atoms with Gasteiger partial charge in [0.2, 0.25) is 5.75 Å². The van der Waals surface area contributed by atoms with Crippen LogP contribution in [0.5, 0.6) is 23.0 Å². The summed E-state index contributed by atoms with van der Waals surface area (Å²) in [5, 5.41) is 2.87. The molecule has 0 aliphatic carbocycles. The average molecular weight is 513 g/mol. The molecule has 1 aliphatic heterocycles. The number of hydrogen-bond donors (Lipinski definition) is 1. The van der Waals surface area contributed by atoms with Crippen LogP contribution in [0.4, 0.5) is 11.4 Å². The van der Waals surface area contributed by atoms with E-state index in [1.807, 2.05) is 0 Å². The summed E-state index contributed by atoms with van der Waals surface area (Å²) in [6.07, 6.45) is 1.35. The zero-order valence-corrected chi connectivity index (χ0v) is 21.3. The number of amides is 1. The Morgan fingerprint density at radius 3 is 2.11 bits per heavy atom. The minimum absolute atomic E-state index is 0.191. The number of anilines is 2. The number of carbonyl (C=O) groups excluding carboxylic acids is 1. The van der Waals surface area contributed by atoms with Crippen molar-refractivity contribution in [2.75, 3.05) is 44.6 Å². The highest BCUT2D eigenvalue weighted by molar-refractivity contribution is 7.92. The van der Waals surface area contributed by atoms with Crippen LogP contribution in [0.15, 0.2) is 59.5 Å². The summed E-state index contributed by atoms with van der Waals surface area (Å²) in [5.41, 5.74) is 2.31. The fourth-order valence-electron chi connectivity index (χ4n) is 4.18. The highest BCUT2D eigenvalue weighted by Gasteiger charge is 2.29. The van der Waals surface area contributed by atoms with E-state index in [1.54, 1.807) is 42.5 Å². The highest BCUT2D eigenvalue weighted by atomic mass is 32.2. The molecule has 1 aliphatic rings. The van der Waals surface area contributed by atoms with E-state index in [1.165, 1.54) is 44.9 Å². The second-order valence-electron chi connectivity index (χ2n) is 8.07. The number of carbonyl (C=O) groups is 1. The molecule has 4 rings (SSSR count). The summed E-state index contributed by atoms with van der Waals surface area (Å²) in [6, 6.07) is 14.7. The lowest BCUT2D eigenvalue weighted by atomic mass is 10.0. The quantitative estimate of drug-likeness (QED) is 0.484. The van der Waals surface area contributed by atoms with Crippen LogP contribution in [-0.4, -0.2) is 49.3 Å². The van der Waals surface area contributed by atoms with Gasteiger partial charge in [0.05, 0.1) is 39.0 Å². The van der Waals surface area contributed by atoms with Crippen LogP contribution in [0.3, 0.4) is 0 Å². The number of hydrogen-bond acceptors (Lipinski definition) is 7. The van der Waals surface area contributed by atoms with Gasteiger partial charge >= 0.3 is 0 Å². The van der Waals surface area contributed by atoms with E-state index in [2.05, 4.69) is 5.32 Å². The van der Waals surface area contributed by atoms with Crippen LogP contribution in [0.25, 0.3) is 0 Å². The first kappa shape index (κ1) is 25.2. The first-order valence-corrected chi connectivity index (χ1v) is 12.7. The van der Waals surface area contributed by atoms with Crippen molar-refractivity contribution in [1.82, 2.24) is 0 Å². The van der Waals surface area contributed by atoms with Crippen LogP contribution in [-0.2, 0) is 16.4 Å². The van der Waals surface area contributed by atoms with Gasteiger partial charge in [-0.25, -0.2) is 8.42 Å². The Morgan fingerprint density at radius 2 is 1.53 bits per heavy atom. The van der Waals surface area contributed by atoms with E-state index in [4.69, 9.17) is 18.9 Å². The van der Waals surface area contributed by atoms with Crippen LogP contribution in [0.2, 0.25) is 0 Å². The molecule has 0 aromatic heterocycles. The predicted octanol–water partition coefficient (Wildman–Crippen LogP) is 4.11. The summed E-state index contributed by atoms with van der Waals surface area (Å²) >= 11 is 0. The molecule has 9 nitrogen and oxygen atoms in total. The first-order valence-electron chi connectivity index (χ1n) is 11.2. The van der Waals surface area contributed by atoms with Crippen molar-refractivity contribution in [2.45, 2.75) is 17.7 Å². The van der Waals surface area contributed by atoms with Crippen LogP contribution in [0.1, 0.15) is 22.3 Å². The molecule has 3 aromatic carbocycles. The molecule has 0 radical (unpaired) electrons.